The molecule has 0 aromatic heterocycles. The molecule has 0 bridgehead atoms. The molecule has 2 amide bonds. The van der Waals surface area contributed by atoms with E-state index in [1.165, 1.54) is 12.1 Å². The van der Waals surface area contributed by atoms with Gasteiger partial charge in [-0.05, 0) is 17.2 Å². The average Bonchev–Trinajstić information content (AvgIpc) is 2.25. The van der Waals surface area contributed by atoms with Crippen LogP contribution in [0.4, 0.5) is 8.78 Å². The number of nitrogens with one attached hydrogen (secondary N) is 1. The van der Waals surface area contributed by atoms with E-state index in [-0.39, 0.29) is 0 Å². The van der Waals surface area contributed by atoms with E-state index in [1.807, 2.05) is 0 Å². The summed E-state index contributed by atoms with van der Waals surface area (Å²) < 4.78 is 24.9. The number of hydrogen-bond acceptors (Lipinski definition) is 2. The molecule has 7 heteroatoms. The van der Waals surface area contributed by atoms with Crippen LogP contribution in [-0.2, 0) is 9.59 Å². The molecule has 0 saturated carbocycles. The van der Waals surface area contributed by atoms with Gasteiger partial charge in [-0.15, -0.1) is 0 Å². The fraction of sp³-hybridized carbons (Fsp3) is 0.200. The average molecular weight is 263 g/mol. The molecular weight excluding hydrogens is 254 g/mol. The Kier molecular flexibility index (Phi) is 4.01. The standard InChI is InChI=1S/C10H9ClF2N2O2/c11-10(12,13)9(17)15-7(8(14)16)6-4-2-1-3-5-6/h1-5,7H,(H2,14,16)(H,15,17)/t7-/m1/s1. The second-order valence-electron chi connectivity index (χ2n) is 3.22. The van der Waals surface area contributed by atoms with Crippen molar-refractivity contribution in [2.45, 2.75) is 11.4 Å². The SMILES string of the molecule is NC(=O)[C@H](NC(=O)C(F)(F)Cl)c1ccccc1. The molecule has 1 rings (SSSR count). The summed E-state index contributed by atoms with van der Waals surface area (Å²) in [7, 11) is 0. The summed E-state index contributed by atoms with van der Waals surface area (Å²) in [5.41, 5.74) is 5.32. The van der Waals surface area contributed by atoms with E-state index in [4.69, 9.17) is 5.73 Å². The van der Waals surface area contributed by atoms with Gasteiger partial charge in [0.05, 0.1) is 0 Å². The maximum Gasteiger partial charge on any atom is 0.399 e. The van der Waals surface area contributed by atoms with Crippen LogP contribution in [0.25, 0.3) is 0 Å². The van der Waals surface area contributed by atoms with Crippen molar-refractivity contribution >= 4 is 23.4 Å². The first-order valence-electron chi connectivity index (χ1n) is 4.54. The van der Waals surface area contributed by atoms with Crippen LogP contribution >= 0.6 is 11.6 Å². The number of hydrogen-bond donors (Lipinski definition) is 2. The van der Waals surface area contributed by atoms with Gasteiger partial charge in [0.15, 0.2) is 0 Å². The van der Waals surface area contributed by atoms with Crippen LogP contribution in [0.5, 0.6) is 0 Å². The van der Waals surface area contributed by atoms with Gasteiger partial charge in [0.25, 0.3) is 0 Å². The topological polar surface area (TPSA) is 72.2 Å². The van der Waals surface area contributed by atoms with Gasteiger partial charge in [0, 0.05) is 0 Å². The van der Waals surface area contributed by atoms with Gasteiger partial charge in [-0.1, -0.05) is 30.3 Å². The molecular formula is C10H9ClF2N2O2. The van der Waals surface area contributed by atoms with E-state index < -0.39 is 23.2 Å². The molecule has 0 spiro atoms. The Hall–Kier alpha value is -1.69. The van der Waals surface area contributed by atoms with Crippen molar-refractivity contribution in [3.8, 4) is 0 Å². The second kappa shape index (κ2) is 5.09. The van der Waals surface area contributed by atoms with E-state index in [9.17, 15) is 18.4 Å². The van der Waals surface area contributed by atoms with Gasteiger partial charge < -0.3 is 11.1 Å². The lowest BCUT2D eigenvalue weighted by atomic mass is 10.1. The van der Waals surface area contributed by atoms with Crippen molar-refractivity contribution in [2.24, 2.45) is 5.73 Å². The fourth-order valence-corrected chi connectivity index (χ4v) is 1.23. The highest BCUT2D eigenvalue weighted by Crippen LogP contribution is 2.21. The van der Waals surface area contributed by atoms with Crippen molar-refractivity contribution in [1.29, 1.82) is 0 Å². The molecule has 0 radical (unpaired) electrons. The Morgan fingerprint density at radius 2 is 1.82 bits per heavy atom. The predicted octanol–water partition coefficient (Wildman–Crippen LogP) is 1.16. The van der Waals surface area contributed by atoms with Crippen LogP contribution < -0.4 is 11.1 Å². The Morgan fingerprint density at radius 3 is 2.24 bits per heavy atom. The van der Waals surface area contributed by atoms with Crippen molar-refractivity contribution in [3.63, 3.8) is 0 Å². The summed E-state index contributed by atoms with van der Waals surface area (Å²) in [5, 5.41) is -2.30. The molecule has 0 heterocycles. The number of halogens is 3. The number of primary amides is 1. The van der Waals surface area contributed by atoms with Crippen LogP contribution in [-0.4, -0.2) is 17.2 Å². The predicted molar refractivity (Wildman–Crippen MR) is 57.3 cm³/mol. The Balaban J connectivity index is 2.90. The van der Waals surface area contributed by atoms with Crippen LogP contribution in [0.1, 0.15) is 11.6 Å². The summed E-state index contributed by atoms with van der Waals surface area (Å²) in [6, 6.07) is 6.43. The number of alkyl halides is 3. The van der Waals surface area contributed by atoms with E-state index >= 15 is 0 Å². The number of benzene rings is 1. The maximum atomic E-state index is 12.5. The summed E-state index contributed by atoms with van der Waals surface area (Å²) in [4.78, 5) is 22.0. The summed E-state index contributed by atoms with van der Waals surface area (Å²) in [6.07, 6.45) is 0. The highest BCUT2D eigenvalue weighted by atomic mass is 35.5. The third-order valence-corrected chi connectivity index (χ3v) is 2.12. The lowest BCUT2D eigenvalue weighted by Crippen LogP contribution is -2.43. The van der Waals surface area contributed by atoms with Crippen molar-refractivity contribution in [1.82, 2.24) is 5.32 Å². The number of amides is 2. The van der Waals surface area contributed by atoms with Gasteiger partial charge in [-0.3, -0.25) is 9.59 Å². The monoisotopic (exact) mass is 262 g/mol. The molecule has 0 aliphatic carbocycles. The molecule has 0 saturated heterocycles. The highest BCUT2D eigenvalue weighted by molar-refractivity contribution is 6.32. The van der Waals surface area contributed by atoms with Crippen molar-refractivity contribution in [2.75, 3.05) is 0 Å². The van der Waals surface area contributed by atoms with Crippen LogP contribution in [0.3, 0.4) is 0 Å². The lowest BCUT2D eigenvalue weighted by molar-refractivity contribution is -0.138. The first-order valence-corrected chi connectivity index (χ1v) is 4.92. The Labute approximate surface area is 101 Å². The molecule has 92 valence electrons. The normalized spacial score (nSPS) is 12.9. The van der Waals surface area contributed by atoms with E-state index in [1.54, 1.807) is 23.5 Å². The molecule has 1 atom stereocenters. The summed E-state index contributed by atoms with van der Waals surface area (Å²) in [5.74, 6) is -2.72. The van der Waals surface area contributed by atoms with Gasteiger partial charge >= 0.3 is 11.3 Å². The largest absolute Gasteiger partial charge is 0.399 e. The molecule has 0 fully saturated rings. The van der Waals surface area contributed by atoms with Crippen LogP contribution in [0.15, 0.2) is 30.3 Å². The smallest absolute Gasteiger partial charge is 0.368 e. The van der Waals surface area contributed by atoms with E-state index in [2.05, 4.69) is 11.6 Å². The maximum absolute atomic E-state index is 12.5. The minimum Gasteiger partial charge on any atom is -0.368 e. The zero-order chi connectivity index (χ0) is 13.1. The zero-order valence-corrected chi connectivity index (χ0v) is 9.25. The Bertz CT molecular complexity index is 420. The summed E-state index contributed by atoms with van der Waals surface area (Å²) in [6.45, 7) is 0. The second-order valence-corrected chi connectivity index (χ2v) is 3.69. The zero-order valence-electron chi connectivity index (χ0n) is 8.49. The molecule has 3 N–H and O–H groups in total. The van der Waals surface area contributed by atoms with Gasteiger partial charge in [0.1, 0.15) is 6.04 Å². The molecule has 0 aliphatic rings. The van der Waals surface area contributed by atoms with Crippen molar-refractivity contribution < 1.29 is 18.4 Å². The minimum absolute atomic E-state index is 0.300. The van der Waals surface area contributed by atoms with Crippen molar-refractivity contribution in [3.05, 3.63) is 35.9 Å². The van der Waals surface area contributed by atoms with Gasteiger partial charge in [-0.2, -0.15) is 8.78 Å². The molecule has 0 aliphatic heterocycles. The number of carbonyl (C=O) groups is 2. The molecule has 17 heavy (non-hydrogen) atoms. The highest BCUT2D eigenvalue weighted by Gasteiger charge is 2.38. The number of nitrogens with two attached hydrogens (primary N) is 1. The summed E-state index contributed by atoms with van der Waals surface area (Å²) >= 11 is 4.52. The van der Waals surface area contributed by atoms with Crippen LogP contribution in [0.2, 0.25) is 0 Å². The first-order chi connectivity index (χ1) is 7.82. The van der Waals surface area contributed by atoms with E-state index in [0.717, 1.165) is 0 Å². The number of rotatable bonds is 4. The molecule has 1 aromatic rings. The third kappa shape index (κ3) is 3.67. The number of carbonyl (C=O) groups excluding carboxylic acids is 2. The molecule has 0 unspecified atom stereocenters. The van der Waals surface area contributed by atoms with Crippen LogP contribution in [0, 0.1) is 0 Å². The van der Waals surface area contributed by atoms with Gasteiger partial charge in [-0.25, -0.2) is 0 Å². The minimum atomic E-state index is -4.08. The quantitative estimate of drug-likeness (QED) is 0.799. The van der Waals surface area contributed by atoms with Gasteiger partial charge in [0.2, 0.25) is 5.91 Å². The first kappa shape index (κ1) is 13.4. The molecule has 1 aromatic carbocycles. The molecule has 4 nitrogen and oxygen atoms in total. The lowest BCUT2D eigenvalue weighted by Gasteiger charge is -2.17. The third-order valence-electron chi connectivity index (χ3n) is 1.95. The fourth-order valence-electron chi connectivity index (χ4n) is 1.18. The van der Waals surface area contributed by atoms with E-state index in [0.29, 0.717) is 5.56 Å². The Morgan fingerprint density at radius 1 is 1.29 bits per heavy atom.